The molecular formula is C7H13NaO3S. The first kappa shape index (κ1) is 13.1. The van der Waals surface area contributed by atoms with Crippen LogP contribution in [0.5, 0.6) is 0 Å². The molecule has 12 heavy (non-hydrogen) atoms. The van der Waals surface area contributed by atoms with Gasteiger partial charge in [-0.25, -0.2) is 0 Å². The van der Waals surface area contributed by atoms with E-state index < -0.39 is 11.1 Å². The van der Waals surface area contributed by atoms with Crippen LogP contribution >= 0.6 is 0 Å². The van der Waals surface area contributed by atoms with Gasteiger partial charge in [0.05, 0.1) is 6.10 Å². The molecule has 0 amide bonds. The monoisotopic (exact) mass is 200 g/mol. The van der Waals surface area contributed by atoms with Gasteiger partial charge in [0, 0.05) is 12.4 Å². The minimum absolute atomic E-state index is 0. The Bertz CT molecular complexity index is 154. The molecule has 0 aromatic carbocycles. The van der Waals surface area contributed by atoms with Gasteiger partial charge in [0.2, 0.25) is 0 Å². The maximum atomic E-state index is 10.3. The van der Waals surface area contributed by atoms with E-state index in [9.17, 15) is 8.76 Å². The van der Waals surface area contributed by atoms with E-state index in [1.54, 1.807) is 0 Å². The molecule has 1 rings (SSSR count). The summed E-state index contributed by atoms with van der Waals surface area (Å²) in [5.41, 5.74) is 0. The molecule has 0 aromatic rings. The first-order valence-corrected chi connectivity index (χ1v) is 5.10. The van der Waals surface area contributed by atoms with Gasteiger partial charge in [-0.1, -0.05) is 11.1 Å². The smallest absolute Gasteiger partial charge is 0.772 e. The van der Waals surface area contributed by atoms with Crippen molar-refractivity contribution in [3.05, 3.63) is 0 Å². The van der Waals surface area contributed by atoms with Gasteiger partial charge in [-0.2, -0.15) is 0 Å². The van der Waals surface area contributed by atoms with E-state index in [2.05, 4.69) is 0 Å². The summed E-state index contributed by atoms with van der Waals surface area (Å²) in [4.78, 5) is 0. The Balaban J connectivity index is 0.00000121. The fourth-order valence-electron chi connectivity index (χ4n) is 1.44. The molecule has 0 aromatic heterocycles. The Morgan fingerprint density at radius 1 is 1.67 bits per heavy atom. The van der Waals surface area contributed by atoms with Crippen molar-refractivity contribution >= 4 is 11.1 Å². The zero-order valence-corrected chi connectivity index (χ0v) is 10.4. The van der Waals surface area contributed by atoms with Crippen molar-refractivity contribution in [2.45, 2.75) is 25.9 Å². The van der Waals surface area contributed by atoms with Crippen LogP contribution in [0, 0.1) is 5.92 Å². The summed E-state index contributed by atoms with van der Waals surface area (Å²) >= 11 is -1.88. The zero-order chi connectivity index (χ0) is 8.27. The molecule has 0 bridgehead atoms. The Labute approximate surface area is 97.8 Å². The summed E-state index contributed by atoms with van der Waals surface area (Å²) in [5.74, 6) is 0.616. The van der Waals surface area contributed by atoms with E-state index >= 15 is 0 Å². The third kappa shape index (κ3) is 4.94. The van der Waals surface area contributed by atoms with Gasteiger partial charge in [-0.15, -0.1) is 0 Å². The van der Waals surface area contributed by atoms with Crippen molar-refractivity contribution in [3.8, 4) is 0 Å². The van der Waals surface area contributed by atoms with Crippen molar-refractivity contribution in [2.75, 3.05) is 12.4 Å². The molecule has 1 aliphatic heterocycles. The van der Waals surface area contributed by atoms with E-state index in [1.165, 1.54) is 0 Å². The van der Waals surface area contributed by atoms with Crippen molar-refractivity contribution in [3.63, 3.8) is 0 Å². The molecule has 66 valence electrons. The summed E-state index contributed by atoms with van der Waals surface area (Å²) in [6.07, 6.45) is 2.00. The van der Waals surface area contributed by atoms with Crippen LogP contribution in [0.2, 0.25) is 0 Å². The Morgan fingerprint density at radius 2 is 2.33 bits per heavy atom. The molecule has 1 heterocycles. The van der Waals surface area contributed by atoms with Gasteiger partial charge >= 0.3 is 29.6 Å². The molecule has 1 saturated heterocycles. The van der Waals surface area contributed by atoms with Crippen molar-refractivity contribution in [2.24, 2.45) is 5.92 Å². The minimum atomic E-state index is -1.88. The topological polar surface area (TPSA) is 49.4 Å². The van der Waals surface area contributed by atoms with Crippen molar-refractivity contribution < 1.29 is 43.1 Å². The van der Waals surface area contributed by atoms with Gasteiger partial charge in [0.1, 0.15) is 0 Å². The first-order chi connectivity index (χ1) is 5.18. The van der Waals surface area contributed by atoms with Gasteiger partial charge in [-0.05, 0) is 25.7 Å². The number of rotatable bonds is 2. The second-order valence-corrected chi connectivity index (χ2v) is 3.98. The number of hydrogen-bond acceptors (Lipinski definition) is 3. The zero-order valence-electron chi connectivity index (χ0n) is 7.62. The summed E-state index contributed by atoms with van der Waals surface area (Å²) in [5, 5.41) is 0. The number of ether oxygens (including phenoxy) is 1. The summed E-state index contributed by atoms with van der Waals surface area (Å²) < 4.78 is 26.0. The Hall–Kier alpha value is 1.07. The maximum absolute atomic E-state index is 10.3. The average molecular weight is 200 g/mol. The first-order valence-electron chi connectivity index (χ1n) is 3.86. The predicted molar refractivity (Wildman–Crippen MR) is 41.9 cm³/mol. The SMILES string of the molecule is CC1CC(CS(=O)[O-])CCO1.[Na+]. The van der Waals surface area contributed by atoms with Crippen LogP contribution in [0.4, 0.5) is 0 Å². The largest absolute Gasteiger partial charge is 1.00 e. The van der Waals surface area contributed by atoms with Gasteiger partial charge in [0.25, 0.3) is 0 Å². The molecule has 3 nitrogen and oxygen atoms in total. The second kappa shape index (κ2) is 6.51. The molecule has 0 radical (unpaired) electrons. The van der Waals surface area contributed by atoms with E-state index in [1.807, 2.05) is 6.92 Å². The van der Waals surface area contributed by atoms with Crippen LogP contribution in [0.15, 0.2) is 0 Å². The minimum Gasteiger partial charge on any atom is -0.772 e. The predicted octanol–water partition coefficient (Wildman–Crippen LogP) is -2.32. The molecular weight excluding hydrogens is 187 g/mol. The van der Waals surface area contributed by atoms with Gasteiger partial charge in [0.15, 0.2) is 0 Å². The summed E-state index contributed by atoms with van der Waals surface area (Å²) in [6.45, 7) is 2.70. The maximum Gasteiger partial charge on any atom is 1.00 e. The Morgan fingerprint density at radius 3 is 2.83 bits per heavy atom. The van der Waals surface area contributed by atoms with E-state index in [0.29, 0.717) is 18.3 Å². The molecule has 5 heteroatoms. The fourth-order valence-corrected chi connectivity index (χ4v) is 2.12. The normalized spacial score (nSPS) is 32.2. The van der Waals surface area contributed by atoms with Crippen LogP contribution in [0.3, 0.4) is 0 Å². The quantitative estimate of drug-likeness (QED) is 0.371. The third-order valence-electron chi connectivity index (χ3n) is 1.97. The molecule has 0 spiro atoms. The van der Waals surface area contributed by atoms with Crippen LogP contribution in [0.25, 0.3) is 0 Å². The van der Waals surface area contributed by atoms with Gasteiger partial charge in [-0.3, -0.25) is 4.21 Å². The van der Waals surface area contributed by atoms with Crippen molar-refractivity contribution in [1.29, 1.82) is 0 Å². The van der Waals surface area contributed by atoms with E-state index in [4.69, 9.17) is 4.74 Å². The van der Waals surface area contributed by atoms with Gasteiger partial charge < -0.3 is 9.29 Å². The van der Waals surface area contributed by atoms with E-state index in [-0.39, 0.29) is 35.7 Å². The second-order valence-electron chi connectivity index (χ2n) is 3.04. The van der Waals surface area contributed by atoms with Crippen LogP contribution < -0.4 is 29.6 Å². The fraction of sp³-hybridized carbons (Fsp3) is 1.00. The number of hydrogen-bond donors (Lipinski definition) is 0. The molecule has 0 aliphatic carbocycles. The molecule has 3 unspecified atom stereocenters. The molecule has 0 saturated carbocycles. The van der Waals surface area contributed by atoms with Crippen molar-refractivity contribution in [1.82, 2.24) is 0 Å². The van der Waals surface area contributed by atoms with E-state index in [0.717, 1.165) is 12.8 Å². The summed E-state index contributed by atoms with van der Waals surface area (Å²) in [6, 6.07) is 0. The van der Waals surface area contributed by atoms with Crippen LogP contribution in [-0.4, -0.2) is 27.2 Å². The van der Waals surface area contributed by atoms with Crippen LogP contribution in [0.1, 0.15) is 19.8 Å². The molecule has 3 atom stereocenters. The third-order valence-corrected chi connectivity index (χ3v) is 2.71. The summed E-state index contributed by atoms with van der Waals surface area (Å²) in [7, 11) is 0. The Kier molecular flexibility index (Phi) is 7.09. The molecule has 1 aliphatic rings. The molecule has 1 fully saturated rings. The van der Waals surface area contributed by atoms with Crippen LogP contribution in [-0.2, 0) is 15.8 Å². The standard InChI is InChI=1S/C7H14O3S.Na/c1-6-4-7(2-3-10-6)5-11(8)9;/h6-7H,2-5H2,1H3,(H,8,9);/q;+1/p-1. The average Bonchev–Trinajstić information content (AvgIpc) is 1.85. The molecule has 0 N–H and O–H groups in total.